The van der Waals surface area contributed by atoms with Crippen LogP contribution in [0.3, 0.4) is 0 Å². The molecule has 3 fully saturated rings. The van der Waals surface area contributed by atoms with E-state index in [1.807, 2.05) is 0 Å². The van der Waals surface area contributed by atoms with Crippen LogP contribution in [-0.4, -0.2) is 73.6 Å². The minimum Gasteiger partial charge on any atom is -0.381 e. The van der Waals surface area contributed by atoms with Crippen molar-refractivity contribution in [2.24, 2.45) is 17.8 Å². The van der Waals surface area contributed by atoms with Crippen LogP contribution in [0.1, 0.15) is 90.2 Å². The van der Waals surface area contributed by atoms with E-state index in [2.05, 4.69) is 30.6 Å². The number of alkyl halides is 5. The lowest BCUT2D eigenvalue weighted by Crippen LogP contribution is -2.47. The third kappa shape index (κ3) is 6.77. The van der Waals surface area contributed by atoms with Gasteiger partial charge in [0.25, 0.3) is 11.7 Å². The summed E-state index contributed by atoms with van der Waals surface area (Å²) in [7, 11) is 0. The predicted octanol–water partition coefficient (Wildman–Crippen LogP) is 3.86. The Kier molecular flexibility index (Phi) is 8.47. The molecule has 3 atom stereocenters. The fraction of sp³-hybridized carbons (Fsp3) is 0.679. The zero-order valence-electron chi connectivity index (χ0n) is 24.4. The maximum Gasteiger partial charge on any atom is 0.393 e. The highest BCUT2D eigenvalue weighted by atomic mass is 19.4. The minimum absolute atomic E-state index is 0.0480. The summed E-state index contributed by atoms with van der Waals surface area (Å²) >= 11 is 0. The number of amides is 2. The van der Waals surface area contributed by atoms with Crippen LogP contribution in [0.4, 0.5) is 22.0 Å². The van der Waals surface area contributed by atoms with E-state index in [1.54, 1.807) is 6.92 Å². The highest BCUT2D eigenvalue weighted by molar-refractivity contribution is 5.93. The molecular formula is C28H33F5N8O4. The quantitative estimate of drug-likeness (QED) is 0.367. The van der Waals surface area contributed by atoms with Crippen molar-refractivity contribution in [1.82, 2.24) is 40.5 Å². The Morgan fingerprint density at radius 3 is 2.56 bits per heavy atom. The van der Waals surface area contributed by atoms with Crippen molar-refractivity contribution >= 4 is 17.6 Å². The SMILES string of the molecule is Cc1nonc1C(=O)NC(c1cn2nc(CC3CC(C(F)(F)F)CNC3=O)c(C3CCOCC3)nc2n1)C1CCC(F)(F)CC1. The van der Waals surface area contributed by atoms with Gasteiger partial charge < -0.3 is 15.4 Å². The number of hydrogen-bond acceptors (Lipinski definition) is 9. The maximum absolute atomic E-state index is 14.1. The number of aryl methyl sites for hydroxylation is 1. The number of piperidine rings is 1. The molecule has 3 unspecified atom stereocenters. The van der Waals surface area contributed by atoms with Crippen molar-refractivity contribution in [3.63, 3.8) is 0 Å². The third-order valence-electron chi connectivity index (χ3n) is 9.11. The Bertz CT molecular complexity index is 1540. The van der Waals surface area contributed by atoms with Gasteiger partial charge in [-0.25, -0.2) is 27.9 Å². The molecule has 6 rings (SSSR count). The summed E-state index contributed by atoms with van der Waals surface area (Å²) in [6, 6.07) is -0.806. The van der Waals surface area contributed by atoms with Crippen LogP contribution < -0.4 is 10.6 Å². The van der Waals surface area contributed by atoms with Crippen LogP contribution in [-0.2, 0) is 16.0 Å². The van der Waals surface area contributed by atoms with Crippen LogP contribution in [0.25, 0.3) is 5.78 Å². The highest BCUT2D eigenvalue weighted by Gasteiger charge is 2.45. The number of carbonyl (C=O) groups is 2. The van der Waals surface area contributed by atoms with Crippen LogP contribution in [0.15, 0.2) is 10.8 Å². The molecule has 12 nitrogen and oxygen atoms in total. The Hall–Kier alpha value is -3.76. The highest BCUT2D eigenvalue weighted by Crippen LogP contribution is 2.42. The van der Waals surface area contributed by atoms with Gasteiger partial charge >= 0.3 is 6.18 Å². The molecule has 3 aromatic heterocycles. The van der Waals surface area contributed by atoms with Gasteiger partial charge in [0.05, 0.1) is 35.2 Å². The molecule has 45 heavy (non-hydrogen) atoms. The van der Waals surface area contributed by atoms with E-state index in [4.69, 9.17) is 14.8 Å². The second kappa shape index (κ2) is 12.2. The van der Waals surface area contributed by atoms with Gasteiger partial charge in [0, 0.05) is 50.9 Å². The number of rotatable bonds is 7. The van der Waals surface area contributed by atoms with Gasteiger partial charge in [-0.05, 0) is 50.1 Å². The lowest BCUT2D eigenvalue weighted by Gasteiger charge is -2.33. The molecule has 3 aliphatic rings. The predicted molar refractivity (Wildman–Crippen MR) is 144 cm³/mol. The molecule has 244 valence electrons. The fourth-order valence-corrected chi connectivity index (χ4v) is 6.51. The number of imidazole rings is 1. The van der Waals surface area contributed by atoms with Gasteiger partial charge in [0.15, 0.2) is 5.69 Å². The summed E-state index contributed by atoms with van der Waals surface area (Å²) in [5.74, 6) is -6.85. The first-order valence-electron chi connectivity index (χ1n) is 15.0. The average Bonchev–Trinajstić information content (AvgIpc) is 3.62. The zero-order valence-corrected chi connectivity index (χ0v) is 24.4. The van der Waals surface area contributed by atoms with E-state index >= 15 is 0 Å². The lowest BCUT2D eigenvalue weighted by atomic mass is 9.81. The van der Waals surface area contributed by atoms with Crippen molar-refractivity contribution < 1.29 is 40.9 Å². The molecule has 1 aliphatic carbocycles. The molecular weight excluding hydrogens is 607 g/mol. The molecule has 2 amide bonds. The number of hydrogen-bond donors (Lipinski definition) is 2. The van der Waals surface area contributed by atoms with Crippen molar-refractivity contribution in [2.45, 2.75) is 82.3 Å². The van der Waals surface area contributed by atoms with Crippen LogP contribution in [0, 0.1) is 24.7 Å². The van der Waals surface area contributed by atoms with Crippen molar-refractivity contribution in [3.05, 3.63) is 34.7 Å². The number of carbonyl (C=O) groups excluding carboxylic acids is 2. The Labute approximate surface area is 253 Å². The van der Waals surface area contributed by atoms with E-state index in [0.29, 0.717) is 43.1 Å². The van der Waals surface area contributed by atoms with Gasteiger partial charge in [-0.2, -0.15) is 18.3 Å². The lowest BCUT2D eigenvalue weighted by molar-refractivity contribution is -0.183. The van der Waals surface area contributed by atoms with Crippen LogP contribution >= 0.6 is 0 Å². The average molecular weight is 641 g/mol. The van der Waals surface area contributed by atoms with Gasteiger partial charge in [0.1, 0.15) is 5.69 Å². The molecule has 0 aromatic carbocycles. The summed E-state index contributed by atoms with van der Waals surface area (Å²) in [4.78, 5) is 35.3. The van der Waals surface area contributed by atoms with E-state index in [0.717, 1.165) is 0 Å². The largest absolute Gasteiger partial charge is 0.393 e. The molecule has 17 heteroatoms. The fourth-order valence-electron chi connectivity index (χ4n) is 6.51. The first-order chi connectivity index (χ1) is 21.4. The Balaban J connectivity index is 1.35. The van der Waals surface area contributed by atoms with Crippen molar-refractivity contribution in [2.75, 3.05) is 19.8 Å². The molecule has 5 heterocycles. The summed E-state index contributed by atoms with van der Waals surface area (Å²) in [5, 5.41) is 17.2. The van der Waals surface area contributed by atoms with E-state index in [-0.39, 0.29) is 61.6 Å². The van der Waals surface area contributed by atoms with E-state index in [9.17, 15) is 31.5 Å². The monoisotopic (exact) mass is 640 g/mol. The molecule has 0 radical (unpaired) electrons. The molecule has 1 saturated carbocycles. The Morgan fingerprint density at radius 2 is 1.89 bits per heavy atom. The number of fused-ring (bicyclic) bond motifs is 1. The summed E-state index contributed by atoms with van der Waals surface area (Å²) in [5.41, 5.74) is 1.45. The topological polar surface area (TPSA) is 149 Å². The Morgan fingerprint density at radius 1 is 1.16 bits per heavy atom. The van der Waals surface area contributed by atoms with Crippen molar-refractivity contribution in [1.29, 1.82) is 0 Å². The molecule has 3 aromatic rings. The smallest absolute Gasteiger partial charge is 0.381 e. The van der Waals surface area contributed by atoms with Crippen molar-refractivity contribution in [3.8, 4) is 0 Å². The first-order valence-corrected chi connectivity index (χ1v) is 15.0. The molecule has 0 spiro atoms. The first kappa shape index (κ1) is 31.2. The standard InChI is InChI=1S/C28H33F5N8O4/c1-14-21(40-45-39-14)25(43)36-23(15-2-6-27(29,30)7-3-15)20-13-41-26(35-20)37-22(16-4-8-44-9-5-16)19(38-41)11-17-10-18(28(31,32)33)12-34-24(17)42/h13,15-18,23H,2-12H2,1H3,(H,34,42)(H,36,43). The van der Waals surface area contributed by atoms with E-state index < -0.39 is 54.3 Å². The summed E-state index contributed by atoms with van der Waals surface area (Å²) < 4.78 is 80.3. The number of nitrogens with zero attached hydrogens (tertiary/aromatic N) is 6. The summed E-state index contributed by atoms with van der Waals surface area (Å²) in [6.45, 7) is 2.01. The van der Waals surface area contributed by atoms with Gasteiger partial charge in [-0.15, -0.1) is 0 Å². The van der Waals surface area contributed by atoms with Gasteiger partial charge in [-0.1, -0.05) is 5.16 Å². The third-order valence-corrected chi connectivity index (χ3v) is 9.11. The van der Waals surface area contributed by atoms with Gasteiger partial charge in [-0.3, -0.25) is 9.59 Å². The second-order valence-corrected chi connectivity index (χ2v) is 12.2. The minimum atomic E-state index is -4.45. The summed E-state index contributed by atoms with van der Waals surface area (Å²) in [6.07, 6.45) is -2.58. The molecule has 2 saturated heterocycles. The zero-order chi connectivity index (χ0) is 31.9. The maximum atomic E-state index is 14.1. The van der Waals surface area contributed by atoms with E-state index in [1.165, 1.54) is 10.7 Å². The normalized spacial score (nSPS) is 24.0. The number of ether oxygens (including phenoxy) is 1. The van der Waals surface area contributed by atoms with Crippen LogP contribution in [0.5, 0.6) is 0 Å². The molecule has 2 N–H and O–H groups in total. The number of halogens is 5. The second-order valence-electron chi connectivity index (χ2n) is 12.2. The number of nitrogens with one attached hydrogen (secondary N) is 2. The van der Waals surface area contributed by atoms with Crippen LogP contribution in [0.2, 0.25) is 0 Å². The number of aromatic nitrogens is 6. The molecule has 0 bridgehead atoms. The van der Waals surface area contributed by atoms with Gasteiger partial charge in [0.2, 0.25) is 11.8 Å². The molecule has 2 aliphatic heterocycles.